The van der Waals surface area contributed by atoms with E-state index >= 15 is 0 Å². The van der Waals surface area contributed by atoms with E-state index in [0.717, 1.165) is 16.3 Å². The molecule has 0 spiro atoms. The smallest absolute Gasteiger partial charge is 0.275 e. The van der Waals surface area contributed by atoms with Crippen molar-refractivity contribution >= 4 is 22.9 Å². The molecule has 0 heterocycles. The van der Waals surface area contributed by atoms with E-state index in [0.29, 0.717) is 24.7 Å². The number of ether oxygens (including phenoxy) is 2. The minimum Gasteiger partial charge on any atom is -0.507 e. The molecule has 144 valence electrons. The number of aromatic hydroxyl groups is 1. The van der Waals surface area contributed by atoms with Crippen molar-refractivity contribution < 1.29 is 19.4 Å². The maximum Gasteiger partial charge on any atom is 0.275 e. The second kappa shape index (κ2) is 8.90. The highest BCUT2D eigenvalue weighted by Crippen LogP contribution is 2.28. The molecule has 0 aliphatic heterocycles. The third-order valence-electron chi connectivity index (χ3n) is 4.06. The van der Waals surface area contributed by atoms with Crippen LogP contribution in [0.5, 0.6) is 17.2 Å². The first-order valence-electron chi connectivity index (χ1n) is 9.07. The predicted octanol–water partition coefficient (Wildman–Crippen LogP) is 4.11. The number of carbonyl (C=O) groups is 1. The number of hydrazone groups is 1. The minimum absolute atomic E-state index is 0.0916. The molecule has 0 saturated heterocycles. The maximum absolute atomic E-state index is 12.4. The Morgan fingerprint density at radius 1 is 1.00 bits per heavy atom. The third-order valence-corrected chi connectivity index (χ3v) is 4.06. The van der Waals surface area contributed by atoms with Crippen molar-refractivity contribution in [3.63, 3.8) is 0 Å². The molecule has 0 unspecified atom stereocenters. The van der Waals surface area contributed by atoms with Gasteiger partial charge >= 0.3 is 0 Å². The number of benzene rings is 3. The summed E-state index contributed by atoms with van der Waals surface area (Å²) < 4.78 is 11.1. The molecule has 6 heteroatoms. The van der Waals surface area contributed by atoms with Crippen molar-refractivity contribution in [2.75, 3.05) is 13.2 Å². The highest BCUT2D eigenvalue weighted by atomic mass is 16.5. The van der Waals surface area contributed by atoms with Crippen LogP contribution in [-0.4, -0.2) is 30.4 Å². The molecule has 0 aliphatic carbocycles. The summed E-state index contributed by atoms with van der Waals surface area (Å²) in [5.74, 6) is 0.694. The lowest BCUT2D eigenvalue weighted by Crippen LogP contribution is -2.17. The van der Waals surface area contributed by atoms with E-state index in [2.05, 4.69) is 10.5 Å². The van der Waals surface area contributed by atoms with Gasteiger partial charge in [0.05, 0.1) is 25.0 Å². The molecule has 0 saturated carbocycles. The van der Waals surface area contributed by atoms with Crippen molar-refractivity contribution in [1.29, 1.82) is 0 Å². The molecular weight excluding hydrogens is 356 g/mol. The van der Waals surface area contributed by atoms with Crippen LogP contribution in [0.25, 0.3) is 10.8 Å². The summed E-state index contributed by atoms with van der Waals surface area (Å²) in [5, 5.41) is 15.8. The molecule has 0 atom stereocenters. The third kappa shape index (κ3) is 4.40. The fraction of sp³-hybridized carbons (Fsp3) is 0.182. The topological polar surface area (TPSA) is 80.2 Å². The minimum atomic E-state index is -0.490. The summed E-state index contributed by atoms with van der Waals surface area (Å²) in [6, 6.07) is 16.1. The normalized spacial score (nSPS) is 10.9. The van der Waals surface area contributed by atoms with Crippen molar-refractivity contribution in [3.05, 3.63) is 65.7 Å². The van der Waals surface area contributed by atoms with Gasteiger partial charge in [0.2, 0.25) is 0 Å². The molecule has 3 aromatic carbocycles. The number of phenols is 1. The van der Waals surface area contributed by atoms with Crippen LogP contribution in [-0.2, 0) is 0 Å². The number of fused-ring (bicyclic) bond motifs is 1. The second-order valence-electron chi connectivity index (χ2n) is 5.99. The number of hydrogen-bond acceptors (Lipinski definition) is 5. The van der Waals surface area contributed by atoms with Gasteiger partial charge in [-0.3, -0.25) is 4.79 Å². The van der Waals surface area contributed by atoms with Gasteiger partial charge in [0.1, 0.15) is 5.75 Å². The van der Waals surface area contributed by atoms with E-state index < -0.39 is 5.91 Å². The summed E-state index contributed by atoms with van der Waals surface area (Å²) in [6.45, 7) is 4.85. The van der Waals surface area contributed by atoms with Crippen LogP contribution in [0.3, 0.4) is 0 Å². The van der Waals surface area contributed by atoms with E-state index in [-0.39, 0.29) is 11.3 Å². The number of hydrogen-bond donors (Lipinski definition) is 2. The van der Waals surface area contributed by atoms with Crippen molar-refractivity contribution in [2.45, 2.75) is 13.8 Å². The van der Waals surface area contributed by atoms with E-state index in [9.17, 15) is 9.90 Å². The number of nitrogens with zero attached hydrogens (tertiary/aromatic N) is 1. The molecule has 2 N–H and O–H groups in total. The Bertz CT molecular complexity index is 1010. The van der Waals surface area contributed by atoms with Crippen LogP contribution < -0.4 is 14.9 Å². The summed E-state index contributed by atoms with van der Waals surface area (Å²) >= 11 is 0. The monoisotopic (exact) mass is 378 g/mol. The molecule has 0 fully saturated rings. The van der Waals surface area contributed by atoms with Crippen molar-refractivity contribution in [1.82, 2.24) is 5.43 Å². The first kappa shape index (κ1) is 19.2. The first-order chi connectivity index (χ1) is 13.6. The largest absolute Gasteiger partial charge is 0.507 e. The highest BCUT2D eigenvalue weighted by molar-refractivity contribution is 6.01. The number of nitrogens with one attached hydrogen (secondary N) is 1. The Balaban J connectivity index is 1.74. The average molecular weight is 378 g/mol. The quantitative estimate of drug-likeness (QED) is 0.479. The van der Waals surface area contributed by atoms with Gasteiger partial charge in [0.25, 0.3) is 5.91 Å². The Hall–Kier alpha value is -3.54. The zero-order valence-corrected chi connectivity index (χ0v) is 15.8. The Morgan fingerprint density at radius 3 is 2.39 bits per heavy atom. The molecule has 0 bridgehead atoms. The molecule has 3 aromatic rings. The van der Waals surface area contributed by atoms with E-state index in [1.165, 1.54) is 6.21 Å². The molecule has 28 heavy (non-hydrogen) atoms. The zero-order chi connectivity index (χ0) is 19.9. The molecule has 3 rings (SSSR count). The SMILES string of the molecule is CCOc1ccc(C=NNC(=O)c2cc3ccccc3cc2O)cc1OCC. The van der Waals surface area contributed by atoms with Gasteiger partial charge in [0, 0.05) is 0 Å². The highest BCUT2D eigenvalue weighted by Gasteiger charge is 2.12. The second-order valence-corrected chi connectivity index (χ2v) is 5.99. The van der Waals surface area contributed by atoms with E-state index in [1.807, 2.05) is 44.2 Å². The van der Waals surface area contributed by atoms with Gasteiger partial charge in [-0.1, -0.05) is 24.3 Å². The number of carbonyl (C=O) groups excluding carboxylic acids is 1. The van der Waals surface area contributed by atoms with E-state index in [4.69, 9.17) is 9.47 Å². The fourth-order valence-corrected chi connectivity index (χ4v) is 2.78. The van der Waals surface area contributed by atoms with Crippen LogP contribution in [0.2, 0.25) is 0 Å². The number of phenolic OH excluding ortho intramolecular Hbond substituents is 1. The summed E-state index contributed by atoms with van der Waals surface area (Å²) in [4.78, 5) is 12.4. The van der Waals surface area contributed by atoms with Crippen LogP contribution in [0.15, 0.2) is 59.7 Å². The fourth-order valence-electron chi connectivity index (χ4n) is 2.78. The van der Waals surface area contributed by atoms with Crippen LogP contribution >= 0.6 is 0 Å². The van der Waals surface area contributed by atoms with Gasteiger partial charge < -0.3 is 14.6 Å². The van der Waals surface area contributed by atoms with Gasteiger partial charge in [-0.25, -0.2) is 5.43 Å². The number of amides is 1. The van der Waals surface area contributed by atoms with Gasteiger partial charge in [-0.2, -0.15) is 5.10 Å². The van der Waals surface area contributed by atoms with Gasteiger partial charge in [-0.15, -0.1) is 0 Å². The molecule has 0 aromatic heterocycles. The van der Waals surface area contributed by atoms with Gasteiger partial charge in [0.15, 0.2) is 11.5 Å². The lowest BCUT2D eigenvalue weighted by molar-refractivity contribution is 0.0952. The lowest BCUT2D eigenvalue weighted by Gasteiger charge is -2.11. The van der Waals surface area contributed by atoms with Crippen molar-refractivity contribution in [3.8, 4) is 17.2 Å². The first-order valence-corrected chi connectivity index (χ1v) is 9.07. The Morgan fingerprint density at radius 2 is 1.68 bits per heavy atom. The van der Waals surface area contributed by atoms with Gasteiger partial charge in [-0.05, 0) is 60.5 Å². The van der Waals surface area contributed by atoms with E-state index in [1.54, 1.807) is 24.3 Å². The molecule has 0 radical (unpaired) electrons. The molecule has 6 nitrogen and oxygen atoms in total. The Kier molecular flexibility index (Phi) is 6.11. The molecular formula is C22H22N2O4. The number of rotatable bonds is 7. The maximum atomic E-state index is 12.4. The average Bonchev–Trinajstić information content (AvgIpc) is 2.69. The molecule has 1 amide bonds. The van der Waals surface area contributed by atoms with Crippen LogP contribution in [0, 0.1) is 0 Å². The Labute approximate surface area is 163 Å². The summed E-state index contributed by atoms with van der Waals surface area (Å²) in [7, 11) is 0. The lowest BCUT2D eigenvalue weighted by atomic mass is 10.1. The zero-order valence-electron chi connectivity index (χ0n) is 15.8. The summed E-state index contributed by atoms with van der Waals surface area (Å²) in [5.41, 5.74) is 3.35. The standard InChI is InChI=1S/C22H22N2O4/c1-3-27-20-10-9-15(11-21(20)28-4-2)14-23-24-22(26)18-12-16-7-5-6-8-17(16)13-19(18)25/h5-14,25H,3-4H2,1-2H3,(H,24,26). The summed E-state index contributed by atoms with van der Waals surface area (Å²) in [6.07, 6.45) is 1.51. The van der Waals surface area contributed by atoms with Crippen LogP contribution in [0.1, 0.15) is 29.8 Å². The van der Waals surface area contributed by atoms with Crippen LogP contribution in [0.4, 0.5) is 0 Å². The molecule has 0 aliphatic rings. The predicted molar refractivity (Wildman–Crippen MR) is 109 cm³/mol. The van der Waals surface area contributed by atoms with Crippen molar-refractivity contribution in [2.24, 2.45) is 5.10 Å².